The minimum Gasteiger partial charge on any atom is -0.326 e. The Hall–Kier alpha value is -2.20. The molecule has 0 unspecified atom stereocenters. The van der Waals surface area contributed by atoms with Gasteiger partial charge in [0.05, 0.1) is 0 Å². The first-order valence-electron chi connectivity index (χ1n) is 7.29. The Balaban J connectivity index is 2.10. The summed E-state index contributed by atoms with van der Waals surface area (Å²) >= 11 is 0. The van der Waals surface area contributed by atoms with E-state index < -0.39 is 0 Å². The molecule has 108 valence electrons. The second-order valence-corrected chi connectivity index (χ2v) is 5.49. The Morgan fingerprint density at radius 2 is 1.86 bits per heavy atom. The maximum absolute atomic E-state index is 5.84. The van der Waals surface area contributed by atoms with Crippen LogP contribution < -0.4 is 5.73 Å². The van der Waals surface area contributed by atoms with Gasteiger partial charge in [-0.15, -0.1) is 0 Å². The highest BCUT2D eigenvalue weighted by molar-refractivity contribution is 5.71. The first-order chi connectivity index (χ1) is 10.2. The first-order valence-corrected chi connectivity index (χ1v) is 7.29. The highest BCUT2D eigenvalue weighted by Gasteiger charge is 2.15. The van der Waals surface area contributed by atoms with Crippen molar-refractivity contribution in [2.24, 2.45) is 5.73 Å². The zero-order chi connectivity index (χ0) is 14.8. The van der Waals surface area contributed by atoms with Gasteiger partial charge in [-0.3, -0.25) is 0 Å². The molecule has 3 aromatic rings. The summed E-state index contributed by atoms with van der Waals surface area (Å²) < 4.78 is 2.21. The predicted molar refractivity (Wildman–Crippen MR) is 85.1 cm³/mol. The fourth-order valence-corrected chi connectivity index (χ4v) is 2.74. The van der Waals surface area contributed by atoms with Crippen LogP contribution in [0.1, 0.15) is 36.8 Å². The van der Waals surface area contributed by atoms with E-state index in [0.29, 0.717) is 12.6 Å². The topological polar surface area (TPSA) is 56.7 Å². The van der Waals surface area contributed by atoms with Crippen molar-refractivity contribution in [2.45, 2.75) is 32.9 Å². The zero-order valence-electron chi connectivity index (χ0n) is 12.5. The quantitative estimate of drug-likeness (QED) is 0.799. The van der Waals surface area contributed by atoms with Gasteiger partial charge in [-0.25, -0.2) is 9.97 Å². The molecule has 0 saturated carbocycles. The Morgan fingerprint density at radius 1 is 1.10 bits per heavy atom. The molecule has 2 N–H and O–H groups in total. The van der Waals surface area contributed by atoms with E-state index in [1.54, 1.807) is 0 Å². The standard InChI is InChI=1S/C17H20N4/c1-12(2)21-16(20-15-8-5-9-19-17(15)21)10-13-6-3-4-7-14(13)11-18/h3-9,12H,10-11,18H2,1-2H3. The molecule has 4 nitrogen and oxygen atoms in total. The third-order valence-corrected chi connectivity index (χ3v) is 3.73. The highest BCUT2D eigenvalue weighted by atomic mass is 15.1. The molecule has 0 spiro atoms. The average molecular weight is 280 g/mol. The van der Waals surface area contributed by atoms with Crippen molar-refractivity contribution in [3.63, 3.8) is 0 Å². The molecule has 0 saturated heterocycles. The SMILES string of the molecule is CC(C)n1c(Cc2ccccc2CN)nc2cccnc21. The van der Waals surface area contributed by atoms with E-state index in [1.165, 1.54) is 11.1 Å². The Labute approximate surface area is 124 Å². The summed E-state index contributed by atoms with van der Waals surface area (Å²) in [7, 11) is 0. The van der Waals surface area contributed by atoms with Crippen LogP contribution in [0.3, 0.4) is 0 Å². The Kier molecular flexibility index (Phi) is 3.71. The zero-order valence-corrected chi connectivity index (χ0v) is 12.5. The molecule has 4 heteroatoms. The third kappa shape index (κ3) is 2.54. The summed E-state index contributed by atoms with van der Waals surface area (Å²) in [5.41, 5.74) is 10.1. The second kappa shape index (κ2) is 5.66. The number of fused-ring (bicyclic) bond motifs is 1. The van der Waals surface area contributed by atoms with Crippen molar-refractivity contribution < 1.29 is 0 Å². The van der Waals surface area contributed by atoms with Gasteiger partial charge in [-0.05, 0) is 37.1 Å². The molecule has 0 atom stereocenters. The summed E-state index contributed by atoms with van der Waals surface area (Å²) in [6, 6.07) is 12.5. The normalized spacial score (nSPS) is 11.4. The maximum atomic E-state index is 5.84. The Bertz CT molecular complexity index is 758. The van der Waals surface area contributed by atoms with Crippen LogP contribution in [0.5, 0.6) is 0 Å². The van der Waals surface area contributed by atoms with Crippen LogP contribution in [-0.2, 0) is 13.0 Å². The molecule has 0 aliphatic rings. The van der Waals surface area contributed by atoms with E-state index in [0.717, 1.165) is 23.4 Å². The van der Waals surface area contributed by atoms with E-state index in [9.17, 15) is 0 Å². The predicted octanol–water partition coefficient (Wildman–Crippen LogP) is 3.06. The van der Waals surface area contributed by atoms with Crippen LogP contribution >= 0.6 is 0 Å². The Morgan fingerprint density at radius 3 is 2.57 bits per heavy atom. The number of imidazole rings is 1. The summed E-state index contributed by atoms with van der Waals surface area (Å²) in [4.78, 5) is 9.25. The van der Waals surface area contributed by atoms with Crippen LogP contribution in [0, 0.1) is 0 Å². The van der Waals surface area contributed by atoms with Gasteiger partial charge in [-0.2, -0.15) is 0 Å². The number of nitrogens with zero attached hydrogens (tertiary/aromatic N) is 3. The lowest BCUT2D eigenvalue weighted by molar-refractivity contribution is 0.587. The van der Waals surface area contributed by atoms with Crippen molar-refractivity contribution in [3.05, 3.63) is 59.5 Å². The summed E-state index contributed by atoms with van der Waals surface area (Å²) in [5.74, 6) is 1.04. The molecule has 0 bridgehead atoms. The van der Waals surface area contributed by atoms with Crippen LogP contribution in [0.25, 0.3) is 11.2 Å². The minimum absolute atomic E-state index is 0.324. The number of aromatic nitrogens is 3. The van der Waals surface area contributed by atoms with E-state index in [-0.39, 0.29) is 0 Å². The molecular weight excluding hydrogens is 260 g/mol. The lowest BCUT2D eigenvalue weighted by atomic mass is 10.0. The third-order valence-electron chi connectivity index (χ3n) is 3.73. The van der Waals surface area contributed by atoms with Crippen molar-refractivity contribution in [1.29, 1.82) is 0 Å². The van der Waals surface area contributed by atoms with Crippen LogP contribution in [0.2, 0.25) is 0 Å². The molecule has 2 aromatic heterocycles. The van der Waals surface area contributed by atoms with E-state index >= 15 is 0 Å². The number of pyridine rings is 1. The molecule has 3 rings (SSSR count). The van der Waals surface area contributed by atoms with Gasteiger partial charge in [0.15, 0.2) is 5.65 Å². The number of rotatable bonds is 4. The van der Waals surface area contributed by atoms with Gasteiger partial charge in [0.2, 0.25) is 0 Å². The fraction of sp³-hybridized carbons (Fsp3) is 0.294. The molecule has 0 amide bonds. The maximum Gasteiger partial charge on any atom is 0.160 e. The van der Waals surface area contributed by atoms with Crippen LogP contribution in [0.15, 0.2) is 42.6 Å². The van der Waals surface area contributed by atoms with Crippen LogP contribution in [0.4, 0.5) is 0 Å². The van der Waals surface area contributed by atoms with Crippen molar-refractivity contribution in [1.82, 2.24) is 14.5 Å². The van der Waals surface area contributed by atoms with Crippen LogP contribution in [-0.4, -0.2) is 14.5 Å². The molecule has 2 heterocycles. The summed E-state index contributed by atoms with van der Waals surface area (Å²) in [5, 5.41) is 0. The van der Waals surface area contributed by atoms with Gasteiger partial charge in [-0.1, -0.05) is 24.3 Å². The number of hydrogen-bond donors (Lipinski definition) is 1. The highest BCUT2D eigenvalue weighted by Crippen LogP contribution is 2.22. The number of hydrogen-bond acceptors (Lipinski definition) is 3. The van der Waals surface area contributed by atoms with E-state index in [4.69, 9.17) is 10.7 Å². The van der Waals surface area contributed by atoms with Gasteiger partial charge in [0.1, 0.15) is 11.3 Å². The number of nitrogens with two attached hydrogens (primary N) is 1. The molecule has 21 heavy (non-hydrogen) atoms. The van der Waals surface area contributed by atoms with Crippen molar-refractivity contribution in [2.75, 3.05) is 0 Å². The summed E-state index contributed by atoms with van der Waals surface area (Å²) in [6.45, 7) is 4.87. The van der Waals surface area contributed by atoms with Crippen molar-refractivity contribution >= 4 is 11.2 Å². The lowest BCUT2D eigenvalue weighted by Crippen LogP contribution is -2.09. The molecule has 0 fully saturated rings. The van der Waals surface area contributed by atoms with Gasteiger partial charge in [0, 0.05) is 25.2 Å². The largest absolute Gasteiger partial charge is 0.326 e. The summed E-state index contributed by atoms with van der Waals surface area (Å²) in [6.07, 6.45) is 2.60. The molecule has 1 aromatic carbocycles. The molecule has 0 radical (unpaired) electrons. The van der Waals surface area contributed by atoms with Gasteiger partial charge >= 0.3 is 0 Å². The molecule has 0 aliphatic heterocycles. The molecular formula is C17H20N4. The lowest BCUT2D eigenvalue weighted by Gasteiger charge is -2.13. The van der Waals surface area contributed by atoms with E-state index in [2.05, 4.69) is 41.6 Å². The monoisotopic (exact) mass is 280 g/mol. The number of benzene rings is 1. The second-order valence-electron chi connectivity index (χ2n) is 5.49. The fourth-order valence-electron chi connectivity index (χ4n) is 2.74. The minimum atomic E-state index is 0.324. The van der Waals surface area contributed by atoms with Crippen molar-refractivity contribution in [3.8, 4) is 0 Å². The first kappa shape index (κ1) is 13.8. The van der Waals surface area contributed by atoms with Gasteiger partial charge < -0.3 is 10.3 Å². The molecule has 0 aliphatic carbocycles. The smallest absolute Gasteiger partial charge is 0.160 e. The average Bonchev–Trinajstić information content (AvgIpc) is 2.85. The van der Waals surface area contributed by atoms with Gasteiger partial charge in [0.25, 0.3) is 0 Å². The van der Waals surface area contributed by atoms with E-state index in [1.807, 2.05) is 24.4 Å².